The van der Waals surface area contributed by atoms with Gasteiger partial charge in [0, 0.05) is 23.4 Å². The normalized spacial score (nSPS) is 22.0. The van der Waals surface area contributed by atoms with E-state index in [1.807, 2.05) is 49.4 Å². The molecule has 3 aromatic carbocycles. The fraction of sp³-hybridized carbons (Fsp3) is 0.270. The number of amides is 3. The summed E-state index contributed by atoms with van der Waals surface area (Å²) in [5, 5.41) is 22.0. The van der Waals surface area contributed by atoms with E-state index in [2.05, 4.69) is 10.3 Å². The maximum atomic E-state index is 13.2. The minimum Gasteiger partial charge on any atom is -0.478 e. The zero-order valence-corrected chi connectivity index (χ0v) is 27.8. The van der Waals surface area contributed by atoms with Crippen LogP contribution in [0.4, 0.5) is 10.5 Å². The summed E-state index contributed by atoms with van der Waals surface area (Å²) in [6, 6.07) is 25.2. The van der Waals surface area contributed by atoms with Crippen molar-refractivity contribution in [3.63, 3.8) is 0 Å². The Kier molecular flexibility index (Phi) is 10.9. The smallest absolute Gasteiger partial charge is 0.408 e. The van der Waals surface area contributed by atoms with Gasteiger partial charge in [-0.15, -0.1) is 11.8 Å². The molecule has 1 aromatic heterocycles. The van der Waals surface area contributed by atoms with Gasteiger partial charge in [0.05, 0.1) is 36.5 Å². The van der Waals surface area contributed by atoms with Crippen LogP contribution in [0.2, 0.25) is 0 Å². The number of nitrogens with one attached hydrogen (secondary N) is 1. The van der Waals surface area contributed by atoms with Crippen LogP contribution in [0.15, 0.2) is 102 Å². The number of carboxylic acids is 1. The van der Waals surface area contributed by atoms with Crippen molar-refractivity contribution in [1.29, 1.82) is 0 Å². The van der Waals surface area contributed by atoms with Gasteiger partial charge in [-0.3, -0.25) is 9.59 Å². The number of alkyl carbamates (subject to hydrolysis) is 1. The molecule has 0 aliphatic carbocycles. The molecule has 50 heavy (non-hydrogen) atoms. The first kappa shape index (κ1) is 34.8. The lowest BCUT2D eigenvalue weighted by molar-refractivity contribution is -0.268. The number of anilines is 1. The number of ether oxygens (including phenoxy) is 3. The second-order valence-corrected chi connectivity index (χ2v) is 12.9. The maximum absolute atomic E-state index is 13.2. The molecule has 5 atom stereocenters. The molecule has 3 N–H and O–H groups in total. The number of hydrogen-bond acceptors (Lipinski definition) is 10. The first-order valence-electron chi connectivity index (χ1n) is 16.0. The number of carbonyl (C=O) groups excluding carboxylic acids is 3. The summed E-state index contributed by atoms with van der Waals surface area (Å²) in [5.74, 6) is -1.87. The van der Waals surface area contributed by atoms with Crippen molar-refractivity contribution in [2.45, 2.75) is 56.1 Å². The zero-order chi connectivity index (χ0) is 35.2. The highest BCUT2D eigenvalue weighted by Gasteiger charge is 2.42. The van der Waals surface area contributed by atoms with E-state index in [9.17, 15) is 29.4 Å². The third kappa shape index (κ3) is 7.87. The van der Waals surface area contributed by atoms with Crippen LogP contribution in [0, 0.1) is 5.92 Å². The van der Waals surface area contributed by atoms with Crippen LogP contribution < -0.4 is 10.2 Å². The molecule has 0 radical (unpaired) electrons. The minimum absolute atomic E-state index is 0.0255. The Bertz CT molecular complexity index is 1840. The van der Waals surface area contributed by atoms with E-state index in [0.29, 0.717) is 22.0 Å². The van der Waals surface area contributed by atoms with Crippen molar-refractivity contribution < 1.29 is 43.6 Å². The van der Waals surface area contributed by atoms with Gasteiger partial charge in [0.15, 0.2) is 6.29 Å². The molecule has 1 unspecified atom stereocenters. The summed E-state index contributed by atoms with van der Waals surface area (Å²) in [5.41, 5.74) is 3.50. The number of aliphatic hydroxyl groups excluding tert-OH is 1. The summed E-state index contributed by atoms with van der Waals surface area (Å²) in [6.45, 7) is 1.93. The minimum atomic E-state index is -1.07. The van der Waals surface area contributed by atoms with E-state index < -0.39 is 42.3 Å². The van der Waals surface area contributed by atoms with Crippen LogP contribution in [0.25, 0.3) is 0 Å². The van der Waals surface area contributed by atoms with E-state index in [-0.39, 0.29) is 37.2 Å². The summed E-state index contributed by atoms with van der Waals surface area (Å²) < 4.78 is 18.2. The van der Waals surface area contributed by atoms with Gasteiger partial charge in [0.2, 0.25) is 5.91 Å². The van der Waals surface area contributed by atoms with Crippen LogP contribution >= 0.6 is 11.8 Å². The van der Waals surface area contributed by atoms with Crippen LogP contribution in [0.5, 0.6) is 0 Å². The average Bonchev–Trinajstić information content (AvgIpc) is 3.42. The van der Waals surface area contributed by atoms with Crippen molar-refractivity contribution in [3.05, 3.63) is 125 Å². The molecule has 3 amide bonds. The number of rotatable bonds is 11. The first-order valence-corrected chi connectivity index (χ1v) is 17.0. The molecule has 2 aliphatic heterocycles. The van der Waals surface area contributed by atoms with E-state index >= 15 is 0 Å². The third-order valence-electron chi connectivity index (χ3n) is 8.58. The molecule has 2 saturated heterocycles. The molecule has 2 aliphatic rings. The van der Waals surface area contributed by atoms with Crippen molar-refractivity contribution in [3.8, 4) is 0 Å². The summed E-state index contributed by atoms with van der Waals surface area (Å²) in [4.78, 5) is 55.6. The van der Waals surface area contributed by atoms with Gasteiger partial charge in [-0.25, -0.2) is 19.5 Å². The highest BCUT2D eigenvalue weighted by molar-refractivity contribution is 7.99. The first-order chi connectivity index (χ1) is 24.2. The van der Waals surface area contributed by atoms with Gasteiger partial charge in [0.1, 0.15) is 17.7 Å². The predicted octanol–water partition coefficient (Wildman–Crippen LogP) is 5.41. The van der Waals surface area contributed by atoms with Crippen molar-refractivity contribution >= 4 is 41.3 Å². The van der Waals surface area contributed by atoms with Crippen molar-refractivity contribution in [2.24, 2.45) is 5.92 Å². The Balaban J connectivity index is 1.16. The number of hydrogen-bond donors (Lipinski definition) is 3. The Labute approximate surface area is 292 Å². The quantitative estimate of drug-likeness (QED) is 0.136. The van der Waals surface area contributed by atoms with Crippen LogP contribution in [-0.2, 0) is 37.0 Å². The molecular weight excluding hydrogens is 662 g/mol. The Morgan fingerprint density at radius 3 is 2.36 bits per heavy atom. The number of aromatic carboxylic acids is 1. The standard InChI is InChI=1S/C37H35N3O9S/c1-22-30(21-50-33-28(35(44)45)8-5-17-38-33)48-36(49-32(22)25-11-9-23(19-41)10-12-25)26-13-15-27(16-14-26)40-31(42)18-29(34(40)43)39-37(46)47-20-24-6-3-2-4-7-24/h2-17,22,29-30,32,36,41H,18-21H2,1H3,(H,39,46)(H,44,45)/t22-,29?,30+,32+,36+/m1/s1. The number of nitrogens with zero attached hydrogens (tertiary/aromatic N) is 2. The number of aromatic nitrogens is 1. The second kappa shape index (κ2) is 15.6. The van der Waals surface area contributed by atoms with Gasteiger partial charge in [-0.05, 0) is 41.0 Å². The molecule has 0 bridgehead atoms. The largest absolute Gasteiger partial charge is 0.478 e. The molecule has 6 rings (SSSR count). The van der Waals surface area contributed by atoms with Gasteiger partial charge in [-0.2, -0.15) is 0 Å². The van der Waals surface area contributed by atoms with E-state index in [4.69, 9.17) is 14.2 Å². The van der Waals surface area contributed by atoms with Gasteiger partial charge < -0.3 is 29.7 Å². The topological polar surface area (TPSA) is 165 Å². The fourth-order valence-corrected chi connectivity index (χ4v) is 6.99. The Hall–Kier alpha value is -5.08. The van der Waals surface area contributed by atoms with Gasteiger partial charge >= 0.3 is 12.1 Å². The molecule has 3 heterocycles. The number of thioether (sulfide) groups is 1. The molecule has 12 nitrogen and oxygen atoms in total. The number of aliphatic hydroxyl groups is 1. The molecule has 13 heteroatoms. The third-order valence-corrected chi connectivity index (χ3v) is 9.68. The number of carbonyl (C=O) groups is 4. The molecule has 4 aromatic rings. The molecular formula is C37H35N3O9S. The monoisotopic (exact) mass is 697 g/mol. The van der Waals surface area contributed by atoms with Crippen LogP contribution in [0.3, 0.4) is 0 Å². The van der Waals surface area contributed by atoms with Crippen LogP contribution in [0.1, 0.15) is 58.4 Å². The highest BCUT2D eigenvalue weighted by Crippen LogP contribution is 2.43. The van der Waals surface area contributed by atoms with Crippen molar-refractivity contribution in [2.75, 3.05) is 10.7 Å². The SMILES string of the molecule is C[C@@H]1[C@H](CSc2ncccc2C(=O)O)O[C@H](c2ccc(N3C(=O)CC(NC(=O)OCc4ccccc4)C3=O)cc2)O[C@@H]1c1ccc(CO)cc1. The second-order valence-electron chi connectivity index (χ2n) is 11.9. The number of pyridine rings is 1. The van der Waals surface area contributed by atoms with Gasteiger partial charge in [0.25, 0.3) is 5.91 Å². The molecule has 258 valence electrons. The summed E-state index contributed by atoms with van der Waals surface area (Å²) >= 11 is 1.29. The molecule has 2 fully saturated rings. The Morgan fingerprint density at radius 1 is 0.940 bits per heavy atom. The van der Waals surface area contributed by atoms with E-state index in [1.54, 1.807) is 48.7 Å². The lowest BCUT2D eigenvalue weighted by atomic mass is 9.91. The van der Waals surface area contributed by atoms with Crippen molar-refractivity contribution in [1.82, 2.24) is 10.3 Å². The average molecular weight is 698 g/mol. The molecule has 0 saturated carbocycles. The predicted molar refractivity (Wildman–Crippen MR) is 182 cm³/mol. The fourth-order valence-electron chi connectivity index (χ4n) is 5.84. The van der Waals surface area contributed by atoms with E-state index in [1.165, 1.54) is 17.8 Å². The highest BCUT2D eigenvalue weighted by atomic mass is 32.2. The maximum Gasteiger partial charge on any atom is 0.408 e. The lowest BCUT2D eigenvalue weighted by Crippen LogP contribution is -2.42. The van der Waals surface area contributed by atoms with Crippen LogP contribution in [-0.4, -0.2) is 57.0 Å². The number of carboxylic acid groups (broad SMARTS) is 1. The van der Waals surface area contributed by atoms with E-state index in [0.717, 1.165) is 21.6 Å². The molecule has 0 spiro atoms. The number of benzene rings is 3. The summed E-state index contributed by atoms with van der Waals surface area (Å²) in [6.07, 6.45) is -1.10. The Morgan fingerprint density at radius 2 is 1.66 bits per heavy atom. The zero-order valence-electron chi connectivity index (χ0n) is 27.0. The summed E-state index contributed by atoms with van der Waals surface area (Å²) in [7, 11) is 0. The van der Waals surface area contributed by atoms with Gasteiger partial charge in [-0.1, -0.05) is 73.7 Å². The lowest BCUT2D eigenvalue weighted by Gasteiger charge is -2.41. The number of imide groups is 1.